The Morgan fingerprint density at radius 2 is 1.95 bits per heavy atom. The molecule has 4 atom stereocenters. The van der Waals surface area contributed by atoms with Crippen LogP contribution < -0.4 is 10.6 Å². The number of aromatic nitrogens is 1. The van der Waals surface area contributed by atoms with Crippen molar-refractivity contribution in [2.24, 2.45) is 5.92 Å². The number of likely N-dealkylation sites (tertiary alicyclic amines) is 1. The molecule has 3 heterocycles. The molecule has 3 fully saturated rings. The van der Waals surface area contributed by atoms with Crippen LogP contribution in [0.3, 0.4) is 0 Å². The Balaban J connectivity index is 1.25. The first-order valence-corrected chi connectivity index (χ1v) is 13.9. The van der Waals surface area contributed by atoms with E-state index in [1.54, 1.807) is 23.5 Å². The lowest BCUT2D eigenvalue weighted by atomic mass is 10.0. The Morgan fingerprint density at radius 1 is 1.22 bits per heavy atom. The van der Waals surface area contributed by atoms with E-state index in [4.69, 9.17) is 9.72 Å². The number of rotatable bonds is 8. The van der Waals surface area contributed by atoms with E-state index >= 15 is 0 Å². The number of hydrogen-bond donors (Lipinski definition) is 2. The van der Waals surface area contributed by atoms with Crippen LogP contribution in [0.25, 0.3) is 11.3 Å². The minimum Gasteiger partial charge on any atom is -0.365 e. The molecule has 1 saturated carbocycles. The van der Waals surface area contributed by atoms with E-state index in [1.807, 2.05) is 31.4 Å². The van der Waals surface area contributed by atoms with Crippen LogP contribution in [0.4, 0.5) is 9.52 Å². The Hall–Kier alpha value is -2.85. The number of alkyl halides is 1. The molecule has 0 spiro atoms. The molecule has 1 aromatic heterocycles. The SMILES string of the molecule is CC(C)C[C@H](NC(=O)c1ccc(-c2csc(NC3CCCC3)n2)cc1)C(=O)N1C[C@H](F)[C@H]2OCC(=O)[C@H]21. The van der Waals surface area contributed by atoms with Gasteiger partial charge in [-0.05, 0) is 37.3 Å². The van der Waals surface area contributed by atoms with Crippen molar-refractivity contribution >= 4 is 34.1 Å². The predicted molar refractivity (Wildman–Crippen MR) is 139 cm³/mol. The van der Waals surface area contributed by atoms with Crippen LogP contribution in [0.1, 0.15) is 56.3 Å². The zero-order valence-corrected chi connectivity index (χ0v) is 21.9. The molecule has 198 valence electrons. The summed E-state index contributed by atoms with van der Waals surface area (Å²) in [6, 6.07) is 5.82. The van der Waals surface area contributed by atoms with E-state index in [0.717, 1.165) is 16.4 Å². The van der Waals surface area contributed by atoms with E-state index in [0.29, 0.717) is 18.0 Å². The van der Waals surface area contributed by atoms with Crippen molar-refractivity contribution in [1.82, 2.24) is 15.2 Å². The molecule has 1 aliphatic carbocycles. The molecule has 1 aromatic carbocycles. The van der Waals surface area contributed by atoms with Gasteiger partial charge < -0.3 is 20.3 Å². The highest BCUT2D eigenvalue weighted by Gasteiger charge is 2.53. The molecule has 5 rings (SSSR count). The van der Waals surface area contributed by atoms with Crippen molar-refractivity contribution in [3.05, 3.63) is 35.2 Å². The molecule has 37 heavy (non-hydrogen) atoms. The van der Waals surface area contributed by atoms with Crippen molar-refractivity contribution in [1.29, 1.82) is 0 Å². The van der Waals surface area contributed by atoms with Gasteiger partial charge in [0.1, 0.15) is 31.0 Å². The number of carbonyl (C=O) groups is 3. The van der Waals surface area contributed by atoms with E-state index in [1.165, 1.54) is 30.6 Å². The third-order valence-electron chi connectivity index (χ3n) is 7.35. The second kappa shape index (κ2) is 10.9. The van der Waals surface area contributed by atoms with Gasteiger partial charge in [0.15, 0.2) is 10.9 Å². The number of ether oxygens (including phenoxy) is 1. The van der Waals surface area contributed by atoms with E-state index in [9.17, 15) is 18.8 Å². The molecular weight excluding hydrogens is 495 g/mol. The molecule has 8 nitrogen and oxygen atoms in total. The van der Waals surface area contributed by atoms with Gasteiger partial charge in [-0.1, -0.05) is 38.8 Å². The summed E-state index contributed by atoms with van der Waals surface area (Å²) in [5, 5.41) is 9.24. The Kier molecular flexibility index (Phi) is 7.57. The summed E-state index contributed by atoms with van der Waals surface area (Å²) < 4.78 is 19.7. The average molecular weight is 529 g/mol. The van der Waals surface area contributed by atoms with Crippen LogP contribution in [0.5, 0.6) is 0 Å². The fraction of sp³-hybridized carbons (Fsp3) is 0.556. The average Bonchev–Trinajstić information content (AvgIpc) is 3.67. The lowest BCUT2D eigenvalue weighted by Gasteiger charge is -2.28. The second-order valence-electron chi connectivity index (χ2n) is 10.6. The summed E-state index contributed by atoms with van der Waals surface area (Å²) in [5.74, 6) is -1.04. The van der Waals surface area contributed by atoms with Crippen molar-refractivity contribution in [2.45, 2.75) is 76.4 Å². The zero-order valence-electron chi connectivity index (χ0n) is 21.1. The topological polar surface area (TPSA) is 101 Å². The maximum absolute atomic E-state index is 14.4. The van der Waals surface area contributed by atoms with Crippen LogP contribution in [-0.4, -0.2) is 71.0 Å². The normalized spacial score (nSPS) is 24.5. The first kappa shape index (κ1) is 25.8. The van der Waals surface area contributed by atoms with Crippen LogP contribution in [0, 0.1) is 5.92 Å². The smallest absolute Gasteiger partial charge is 0.251 e. The minimum atomic E-state index is -1.41. The van der Waals surface area contributed by atoms with Crippen molar-refractivity contribution < 1.29 is 23.5 Å². The van der Waals surface area contributed by atoms with Crippen LogP contribution in [-0.2, 0) is 14.3 Å². The summed E-state index contributed by atoms with van der Waals surface area (Å²) in [6.07, 6.45) is 2.91. The van der Waals surface area contributed by atoms with Gasteiger partial charge in [-0.3, -0.25) is 14.4 Å². The van der Waals surface area contributed by atoms with E-state index in [-0.39, 0.29) is 24.9 Å². The number of halogens is 1. The maximum atomic E-state index is 14.4. The number of benzene rings is 1. The molecule has 0 radical (unpaired) electrons. The highest BCUT2D eigenvalue weighted by molar-refractivity contribution is 7.14. The summed E-state index contributed by atoms with van der Waals surface area (Å²) in [7, 11) is 0. The number of thiazole rings is 1. The van der Waals surface area contributed by atoms with E-state index in [2.05, 4.69) is 10.6 Å². The maximum Gasteiger partial charge on any atom is 0.251 e. The number of amides is 2. The van der Waals surface area contributed by atoms with Gasteiger partial charge in [0.05, 0.1) is 12.2 Å². The Morgan fingerprint density at radius 3 is 2.65 bits per heavy atom. The molecule has 2 aromatic rings. The third kappa shape index (κ3) is 5.55. The number of hydrogen-bond acceptors (Lipinski definition) is 7. The third-order valence-corrected chi connectivity index (χ3v) is 8.12. The number of Topliss-reactive ketones (excluding diaryl/α,β-unsaturated/α-hetero) is 1. The molecule has 0 unspecified atom stereocenters. The Labute approximate surface area is 220 Å². The quantitative estimate of drug-likeness (QED) is 0.540. The van der Waals surface area contributed by atoms with Crippen LogP contribution >= 0.6 is 11.3 Å². The summed E-state index contributed by atoms with van der Waals surface area (Å²) in [4.78, 5) is 44.7. The number of ketones is 1. The molecular formula is C27H33FN4O4S. The predicted octanol–water partition coefficient (Wildman–Crippen LogP) is 3.83. The van der Waals surface area contributed by atoms with Crippen molar-refractivity contribution in [3.63, 3.8) is 0 Å². The highest BCUT2D eigenvalue weighted by Crippen LogP contribution is 2.31. The lowest BCUT2D eigenvalue weighted by molar-refractivity contribution is -0.138. The summed E-state index contributed by atoms with van der Waals surface area (Å²) >= 11 is 1.57. The number of nitrogens with zero attached hydrogens (tertiary/aromatic N) is 2. The first-order valence-electron chi connectivity index (χ1n) is 13.0. The van der Waals surface area contributed by atoms with Crippen molar-refractivity contribution in [3.8, 4) is 11.3 Å². The fourth-order valence-electron chi connectivity index (χ4n) is 5.47. The van der Waals surface area contributed by atoms with E-state index < -0.39 is 36.2 Å². The molecule has 3 aliphatic rings. The summed E-state index contributed by atoms with van der Waals surface area (Å²) in [6.45, 7) is 3.49. The fourth-order valence-corrected chi connectivity index (χ4v) is 6.27. The molecule has 2 saturated heterocycles. The lowest BCUT2D eigenvalue weighted by Crippen LogP contribution is -2.52. The van der Waals surface area contributed by atoms with Gasteiger partial charge in [-0.15, -0.1) is 11.3 Å². The minimum absolute atomic E-state index is 0.100. The molecule has 2 amide bonds. The van der Waals surface area contributed by atoms with Gasteiger partial charge in [0.25, 0.3) is 5.91 Å². The largest absolute Gasteiger partial charge is 0.365 e. The number of carbonyl (C=O) groups excluding carboxylic acids is 3. The van der Waals surface area contributed by atoms with Crippen LogP contribution in [0.2, 0.25) is 0 Å². The first-order chi connectivity index (χ1) is 17.8. The molecule has 2 aliphatic heterocycles. The molecule has 0 bridgehead atoms. The number of anilines is 1. The standard InChI is InChI=1S/C27H33FN4O4S/c1-15(2)11-20(26(35)32-12-19(28)24-23(32)22(33)13-36-24)30-25(34)17-9-7-16(8-10-17)21-14-37-27(31-21)29-18-5-3-4-6-18/h7-10,14-15,18-20,23-24H,3-6,11-13H2,1-2H3,(H,29,31)(H,30,34)/t19-,20-,23+,24+/m0/s1. The summed E-state index contributed by atoms with van der Waals surface area (Å²) in [5.41, 5.74) is 2.16. The van der Waals surface area contributed by atoms with Gasteiger partial charge in [-0.25, -0.2) is 9.37 Å². The van der Waals surface area contributed by atoms with Gasteiger partial charge in [-0.2, -0.15) is 0 Å². The van der Waals surface area contributed by atoms with Crippen LogP contribution in [0.15, 0.2) is 29.6 Å². The highest BCUT2D eigenvalue weighted by atomic mass is 32.1. The second-order valence-corrected chi connectivity index (χ2v) is 11.4. The van der Waals surface area contributed by atoms with Gasteiger partial charge in [0, 0.05) is 22.5 Å². The monoisotopic (exact) mass is 528 g/mol. The zero-order chi connectivity index (χ0) is 26.1. The number of fused-ring (bicyclic) bond motifs is 1. The van der Waals surface area contributed by atoms with Gasteiger partial charge >= 0.3 is 0 Å². The molecule has 2 N–H and O–H groups in total. The molecule has 10 heteroatoms. The van der Waals surface area contributed by atoms with Gasteiger partial charge in [0.2, 0.25) is 5.91 Å². The Bertz CT molecular complexity index is 1150. The number of nitrogens with one attached hydrogen (secondary N) is 2. The van der Waals surface area contributed by atoms with Crippen molar-refractivity contribution in [2.75, 3.05) is 18.5 Å².